The van der Waals surface area contributed by atoms with E-state index in [0.717, 1.165) is 78.7 Å². The van der Waals surface area contributed by atoms with Crippen LogP contribution in [0.15, 0.2) is 98.3 Å². The number of hydrogen-bond donors (Lipinski definition) is 4. The average Bonchev–Trinajstić information content (AvgIpc) is 4.28. The number of aromatic amines is 3. The smallest absolute Gasteiger partial charge is 0.328 e. The highest BCUT2D eigenvalue weighted by atomic mass is 79.9. The van der Waals surface area contributed by atoms with Crippen molar-refractivity contribution >= 4 is 71.3 Å². The fourth-order valence-corrected chi connectivity index (χ4v) is 13.5. The number of alkyl halides is 2. The molecule has 5 aromatic rings. The van der Waals surface area contributed by atoms with Crippen LogP contribution in [0.1, 0.15) is 152 Å². The zero-order valence-corrected chi connectivity index (χ0v) is 56.6. The van der Waals surface area contributed by atoms with E-state index in [1.54, 1.807) is 36.4 Å². The van der Waals surface area contributed by atoms with Gasteiger partial charge in [0.1, 0.15) is 0 Å². The van der Waals surface area contributed by atoms with Gasteiger partial charge in [-0.15, -0.1) is 0 Å². The quantitative estimate of drug-likeness (QED) is 0.0177. The molecule has 492 valence electrons. The maximum absolute atomic E-state index is 14.0. The molecule has 0 spiro atoms. The van der Waals surface area contributed by atoms with E-state index in [1.165, 1.54) is 60.1 Å². The molecule has 0 amide bonds. The SMILES string of the molecule is C[C@H](CS(=O)(=O)CCCCCBr)c1ccc(F)c(OCC2CC2)c1.C[C@H](CS(=O)(=O)CCCCCn1ccc(=O)[nH]c1=O)c1ccc(F)c(OCC2CC2)c1.C[C@H](N)c1ccc(F)c(OCC2CC2)c1.O=S(=O)(Cl)CCCCCBr.O=c1cc[nH]c(=O)[nH]1. The van der Waals surface area contributed by atoms with Gasteiger partial charge in [0.05, 0.1) is 48.6 Å². The van der Waals surface area contributed by atoms with E-state index >= 15 is 0 Å². The minimum absolute atomic E-state index is 0.0138. The zero-order valence-electron chi connectivity index (χ0n) is 50.2. The number of hydrogen-bond acceptors (Lipinski definition) is 14. The third-order valence-corrected chi connectivity index (χ3v) is 20.3. The summed E-state index contributed by atoms with van der Waals surface area (Å²) in [7, 11) is -4.65. The Labute approximate surface area is 536 Å². The molecule has 8 rings (SSSR count). The first-order chi connectivity index (χ1) is 41.7. The number of aromatic nitrogens is 4. The van der Waals surface area contributed by atoms with Gasteiger partial charge in [-0.2, -0.15) is 0 Å². The van der Waals surface area contributed by atoms with E-state index in [2.05, 4.69) is 41.8 Å². The minimum atomic E-state index is -3.28. The standard InChI is InChI=1S/C22H29FN2O5S.C18H26BrFO3S.C12H16FNO.C5H10BrClO2S.C4H4N2O2/c1-16(18-7-8-19(23)20(13-18)30-14-17-5-6-17)15-31(28,29)12-4-2-3-10-25-11-9-21(26)24-22(25)27;1-14(13-24(21,22)10-4-2-3-9-19)16-7-8-17(20)18(11-16)23-12-15-5-6-15;1-8(14)10-4-5-11(13)12(6-10)15-7-9-2-3-9;6-4-2-1-3-5-10(7,8)9;7-3-1-2-5-4(8)6-3/h7-9,11,13,16-17H,2-6,10,12,14-15H2,1H3,(H,24,26,27);7-8,11,14-15H,2-6,9-10,12-13H2,1H3;4-6,8-9H,2-3,7,14H2,1H3;1-5H2;1-2H,(H2,5,6,7,8)/t16-;14-;8-;;/m110../s1. The van der Waals surface area contributed by atoms with Crippen LogP contribution in [0, 0.1) is 35.2 Å². The van der Waals surface area contributed by atoms with Crippen molar-refractivity contribution in [1.82, 2.24) is 19.5 Å². The van der Waals surface area contributed by atoms with Crippen molar-refractivity contribution in [2.75, 3.05) is 59.2 Å². The maximum atomic E-state index is 14.0. The Kier molecular flexibility index (Phi) is 33.4. The second-order valence-electron chi connectivity index (χ2n) is 22.6. The molecule has 0 bridgehead atoms. The maximum Gasteiger partial charge on any atom is 0.328 e. The molecule has 3 atom stereocenters. The summed E-state index contributed by atoms with van der Waals surface area (Å²) in [5, 5.41) is 1.83. The average molecular weight is 1440 g/mol. The van der Waals surface area contributed by atoms with Crippen molar-refractivity contribution in [2.24, 2.45) is 23.5 Å². The molecule has 5 N–H and O–H groups in total. The molecule has 3 aromatic carbocycles. The number of unbranched alkanes of at least 4 members (excludes halogenated alkanes) is 6. The number of H-pyrrole nitrogens is 3. The number of nitrogens with two attached hydrogens (primary N) is 1. The molecule has 0 aliphatic heterocycles. The molecule has 18 nitrogen and oxygen atoms in total. The lowest BCUT2D eigenvalue weighted by atomic mass is 10.0. The fraction of sp³-hybridized carbons (Fsp3) is 0.574. The highest BCUT2D eigenvalue weighted by Gasteiger charge is 2.26. The van der Waals surface area contributed by atoms with Crippen molar-refractivity contribution in [1.29, 1.82) is 0 Å². The summed E-state index contributed by atoms with van der Waals surface area (Å²) >= 11 is 6.59. The van der Waals surface area contributed by atoms with Gasteiger partial charge in [-0.3, -0.25) is 19.6 Å². The topological polar surface area (TPSA) is 277 Å². The van der Waals surface area contributed by atoms with Gasteiger partial charge in [0, 0.05) is 58.5 Å². The molecule has 2 aromatic heterocycles. The van der Waals surface area contributed by atoms with Crippen molar-refractivity contribution in [2.45, 2.75) is 142 Å². The van der Waals surface area contributed by atoms with Gasteiger partial charge >= 0.3 is 11.4 Å². The summed E-state index contributed by atoms with van der Waals surface area (Å²) in [5.41, 5.74) is 6.42. The fourth-order valence-electron chi connectivity index (χ4n) is 8.31. The van der Waals surface area contributed by atoms with Crippen LogP contribution in [0.2, 0.25) is 0 Å². The molecule has 3 aliphatic carbocycles. The summed E-state index contributed by atoms with van der Waals surface area (Å²) in [5.74, 6) is 1.33. The number of aryl methyl sites for hydroxylation is 1. The Balaban J connectivity index is 0.000000256. The van der Waals surface area contributed by atoms with E-state index in [9.17, 15) is 57.6 Å². The third-order valence-electron chi connectivity index (χ3n) is 14.1. The number of nitrogens with zero attached hydrogens (tertiary/aromatic N) is 1. The molecular formula is C61H85Br2ClF3N5O13S3. The van der Waals surface area contributed by atoms with Crippen LogP contribution in [-0.2, 0) is 35.3 Å². The largest absolute Gasteiger partial charge is 0.490 e. The predicted octanol–water partition coefficient (Wildman–Crippen LogP) is 11.4. The monoisotopic (exact) mass is 1440 g/mol. The van der Waals surface area contributed by atoms with E-state index in [1.807, 2.05) is 25.8 Å². The number of ether oxygens (including phenoxy) is 3. The van der Waals surface area contributed by atoms with Crippen molar-refractivity contribution in [3.63, 3.8) is 0 Å². The van der Waals surface area contributed by atoms with E-state index in [-0.39, 0.29) is 75.3 Å². The molecule has 3 fully saturated rings. The first-order valence-electron chi connectivity index (χ1n) is 29.7. The van der Waals surface area contributed by atoms with Gasteiger partial charge in [0.25, 0.3) is 11.1 Å². The summed E-state index contributed by atoms with van der Waals surface area (Å²) in [4.78, 5) is 49.5. The van der Waals surface area contributed by atoms with Crippen LogP contribution in [-0.4, -0.2) is 104 Å². The van der Waals surface area contributed by atoms with Crippen LogP contribution in [0.4, 0.5) is 13.2 Å². The highest BCUT2D eigenvalue weighted by Crippen LogP contribution is 2.34. The van der Waals surface area contributed by atoms with Gasteiger partial charge in [-0.25, -0.2) is 48.0 Å². The first-order valence-corrected chi connectivity index (χ1v) is 38.1. The van der Waals surface area contributed by atoms with Crippen LogP contribution in [0.3, 0.4) is 0 Å². The molecule has 0 radical (unpaired) electrons. The van der Waals surface area contributed by atoms with Crippen molar-refractivity contribution in [3.05, 3.63) is 155 Å². The molecule has 27 heteroatoms. The lowest BCUT2D eigenvalue weighted by molar-refractivity contribution is 0.285. The predicted molar refractivity (Wildman–Crippen MR) is 348 cm³/mol. The molecule has 88 heavy (non-hydrogen) atoms. The highest BCUT2D eigenvalue weighted by molar-refractivity contribution is 9.09. The zero-order chi connectivity index (χ0) is 64.9. The second-order valence-corrected chi connectivity index (χ2v) is 31.5. The van der Waals surface area contributed by atoms with E-state index < -0.39 is 51.5 Å². The molecule has 3 saturated carbocycles. The molecular weight excluding hydrogens is 1360 g/mol. The van der Waals surface area contributed by atoms with Gasteiger partial charge in [-0.05, 0) is 167 Å². The summed E-state index contributed by atoms with van der Waals surface area (Å²) in [6, 6.07) is 16.5. The molecule has 3 aliphatic rings. The van der Waals surface area contributed by atoms with Gasteiger partial charge in [0.15, 0.2) is 54.4 Å². The number of benzene rings is 3. The van der Waals surface area contributed by atoms with Gasteiger partial charge < -0.3 is 29.5 Å². The Morgan fingerprint density at radius 2 is 0.955 bits per heavy atom. The summed E-state index contributed by atoms with van der Waals surface area (Å²) < 4.78 is 129. The molecule has 2 heterocycles. The van der Waals surface area contributed by atoms with Crippen molar-refractivity contribution in [3.8, 4) is 17.2 Å². The number of rotatable bonds is 32. The Morgan fingerprint density at radius 3 is 1.32 bits per heavy atom. The number of nitrogens with one attached hydrogen (secondary N) is 3. The third kappa shape index (κ3) is 32.8. The molecule has 0 saturated heterocycles. The van der Waals surface area contributed by atoms with Crippen molar-refractivity contribution < 1.29 is 52.6 Å². The Morgan fingerprint density at radius 1 is 0.557 bits per heavy atom. The lowest BCUT2D eigenvalue weighted by Gasteiger charge is -2.15. The first kappa shape index (κ1) is 75.7. The minimum Gasteiger partial charge on any atom is -0.490 e. The van der Waals surface area contributed by atoms with E-state index in [0.29, 0.717) is 82.0 Å². The van der Waals surface area contributed by atoms with Crippen LogP contribution < -0.4 is 42.4 Å². The molecule has 0 unspecified atom stereocenters. The van der Waals surface area contributed by atoms with E-state index in [4.69, 9.17) is 30.6 Å². The summed E-state index contributed by atoms with van der Waals surface area (Å²) in [6.07, 6.45) is 16.6. The summed E-state index contributed by atoms with van der Waals surface area (Å²) in [6.45, 7) is 7.65. The van der Waals surface area contributed by atoms with Gasteiger partial charge in [-0.1, -0.05) is 83.2 Å². The Bertz CT molecular complexity index is 3490. The second kappa shape index (κ2) is 38.8. The van der Waals surface area contributed by atoms with Crippen LogP contribution in [0.5, 0.6) is 17.2 Å². The normalized spacial score (nSPS) is 14.8. The number of sulfone groups is 2. The lowest BCUT2D eigenvalue weighted by Crippen LogP contribution is -2.28. The van der Waals surface area contributed by atoms with Gasteiger partial charge in [0.2, 0.25) is 9.05 Å². The van der Waals surface area contributed by atoms with Crippen LogP contribution >= 0.6 is 42.5 Å². The van der Waals surface area contributed by atoms with Crippen LogP contribution in [0.25, 0.3) is 0 Å². The Hall–Kier alpha value is -4.73. The number of halogens is 6.